The summed E-state index contributed by atoms with van der Waals surface area (Å²) in [6.45, 7) is 6.02. The fourth-order valence-electron chi connectivity index (χ4n) is 2.99. The van der Waals surface area contributed by atoms with Gasteiger partial charge in [0, 0.05) is 6.61 Å². The van der Waals surface area contributed by atoms with Crippen LogP contribution in [0.5, 0.6) is 0 Å². The van der Waals surface area contributed by atoms with E-state index < -0.39 is 0 Å². The van der Waals surface area contributed by atoms with Crippen LogP contribution in [-0.2, 0) is 4.74 Å². The molecular weight excluding hydrogens is 202 g/mol. The van der Waals surface area contributed by atoms with Gasteiger partial charge in [-0.05, 0) is 44.7 Å². The molecule has 1 N–H and O–H groups in total. The zero-order chi connectivity index (χ0) is 11.4. The molecule has 2 heterocycles. The van der Waals surface area contributed by atoms with Crippen molar-refractivity contribution in [2.75, 3.05) is 26.3 Å². The van der Waals surface area contributed by atoms with Crippen molar-refractivity contribution in [2.24, 2.45) is 5.92 Å². The van der Waals surface area contributed by atoms with Crippen LogP contribution in [0.1, 0.15) is 39.0 Å². The van der Waals surface area contributed by atoms with Crippen LogP contribution >= 0.6 is 0 Å². The van der Waals surface area contributed by atoms with E-state index in [1.165, 1.54) is 25.7 Å². The summed E-state index contributed by atoms with van der Waals surface area (Å²) in [5.41, 5.74) is 0. The lowest BCUT2D eigenvalue weighted by atomic mass is 9.98. The van der Waals surface area contributed by atoms with E-state index in [2.05, 4.69) is 11.8 Å². The van der Waals surface area contributed by atoms with Gasteiger partial charge in [0.15, 0.2) is 0 Å². The van der Waals surface area contributed by atoms with Crippen LogP contribution in [0.15, 0.2) is 0 Å². The SMILES string of the molecule is CCC1CCCN(C2COCCC2O)CC1. The smallest absolute Gasteiger partial charge is 0.0739 e. The summed E-state index contributed by atoms with van der Waals surface area (Å²) in [6.07, 6.45) is 5.86. The average molecular weight is 227 g/mol. The lowest BCUT2D eigenvalue weighted by Gasteiger charge is -2.36. The lowest BCUT2D eigenvalue weighted by molar-refractivity contribution is -0.0606. The Balaban J connectivity index is 1.88. The Bertz CT molecular complexity index is 210. The second-order valence-electron chi connectivity index (χ2n) is 5.24. The van der Waals surface area contributed by atoms with Gasteiger partial charge in [-0.3, -0.25) is 4.90 Å². The fourth-order valence-corrected chi connectivity index (χ4v) is 2.99. The zero-order valence-electron chi connectivity index (χ0n) is 10.4. The number of hydrogen-bond donors (Lipinski definition) is 1. The van der Waals surface area contributed by atoms with Crippen molar-refractivity contribution in [3.63, 3.8) is 0 Å². The molecule has 2 fully saturated rings. The predicted molar refractivity (Wildman–Crippen MR) is 64.4 cm³/mol. The Kier molecular flexibility index (Phi) is 4.62. The zero-order valence-corrected chi connectivity index (χ0v) is 10.4. The highest BCUT2D eigenvalue weighted by molar-refractivity contribution is 4.83. The van der Waals surface area contributed by atoms with E-state index in [4.69, 9.17) is 4.74 Å². The Morgan fingerprint density at radius 1 is 1.25 bits per heavy atom. The summed E-state index contributed by atoms with van der Waals surface area (Å²) in [6, 6.07) is 0.254. The first-order valence-corrected chi connectivity index (χ1v) is 6.81. The number of aliphatic hydroxyl groups excluding tert-OH is 1. The van der Waals surface area contributed by atoms with Crippen LogP contribution in [-0.4, -0.2) is 48.5 Å². The number of ether oxygens (including phenoxy) is 1. The second kappa shape index (κ2) is 5.99. The summed E-state index contributed by atoms with van der Waals surface area (Å²) < 4.78 is 5.50. The van der Waals surface area contributed by atoms with Crippen LogP contribution in [0.2, 0.25) is 0 Å². The minimum Gasteiger partial charge on any atom is -0.391 e. The van der Waals surface area contributed by atoms with E-state index in [9.17, 15) is 5.11 Å². The van der Waals surface area contributed by atoms with Crippen molar-refractivity contribution in [2.45, 2.75) is 51.2 Å². The molecule has 0 bridgehead atoms. The molecule has 2 aliphatic heterocycles. The average Bonchev–Trinajstić information content (AvgIpc) is 2.55. The fraction of sp³-hybridized carbons (Fsp3) is 1.00. The molecule has 0 aromatic carbocycles. The minimum absolute atomic E-state index is 0.174. The maximum Gasteiger partial charge on any atom is 0.0739 e. The third-order valence-electron chi connectivity index (χ3n) is 4.22. The van der Waals surface area contributed by atoms with Gasteiger partial charge in [0.1, 0.15) is 0 Å². The van der Waals surface area contributed by atoms with Crippen molar-refractivity contribution in [1.82, 2.24) is 4.90 Å². The molecule has 94 valence electrons. The van der Waals surface area contributed by atoms with Gasteiger partial charge in [-0.1, -0.05) is 13.3 Å². The number of hydrogen-bond acceptors (Lipinski definition) is 3. The highest BCUT2D eigenvalue weighted by Gasteiger charge is 2.30. The van der Waals surface area contributed by atoms with Crippen molar-refractivity contribution >= 4 is 0 Å². The summed E-state index contributed by atoms with van der Waals surface area (Å²) in [5.74, 6) is 0.895. The van der Waals surface area contributed by atoms with E-state index >= 15 is 0 Å². The molecule has 0 amide bonds. The van der Waals surface area contributed by atoms with Gasteiger partial charge in [-0.25, -0.2) is 0 Å². The number of likely N-dealkylation sites (tertiary alicyclic amines) is 1. The highest BCUT2D eigenvalue weighted by atomic mass is 16.5. The first-order valence-electron chi connectivity index (χ1n) is 6.81. The van der Waals surface area contributed by atoms with E-state index in [-0.39, 0.29) is 12.1 Å². The molecule has 0 radical (unpaired) electrons. The summed E-state index contributed by atoms with van der Waals surface area (Å²) >= 11 is 0. The first kappa shape index (κ1) is 12.3. The standard InChI is InChI=1S/C13H25NO2/c1-2-11-4-3-7-14(8-5-11)12-10-16-9-6-13(12)15/h11-13,15H,2-10H2,1H3. The first-order chi connectivity index (χ1) is 7.81. The Morgan fingerprint density at radius 2 is 2.12 bits per heavy atom. The van der Waals surface area contributed by atoms with E-state index in [0.29, 0.717) is 0 Å². The normalized spacial score (nSPS) is 38.2. The molecule has 0 aromatic rings. The van der Waals surface area contributed by atoms with Crippen LogP contribution < -0.4 is 0 Å². The summed E-state index contributed by atoms with van der Waals surface area (Å²) in [4.78, 5) is 2.46. The van der Waals surface area contributed by atoms with Crippen molar-refractivity contribution in [3.05, 3.63) is 0 Å². The van der Waals surface area contributed by atoms with Crippen LogP contribution in [0.4, 0.5) is 0 Å². The Morgan fingerprint density at radius 3 is 2.88 bits per heavy atom. The molecule has 2 rings (SSSR count). The van der Waals surface area contributed by atoms with Crippen LogP contribution in [0, 0.1) is 5.92 Å². The monoisotopic (exact) mass is 227 g/mol. The van der Waals surface area contributed by atoms with E-state index in [1.807, 2.05) is 0 Å². The molecule has 2 saturated heterocycles. The van der Waals surface area contributed by atoms with Crippen LogP contribution in [0.25, 0.3) is 0 Å². The third kappa shape index (κ3) is 2.96. The Labute approximate surface area is 98.8 Å². The molecule has 2 aliphatic rings. The quantitative estimate of drug-likeness (QED) is 0.778. The number of aliphatic hydroxyl groups is 1. The van der Waals surface area contributed by atoms with E-state index in [0.717, 1.165) is 38.6 Å². The Hall–Kier alpha value is -0.120. The van der Waals surface area contributed by atoms with E-state index in [1.54, 1.807) is 0 Å². The molecule has 3 heteroatoms. The molecule has 0 saturated carbocycles. The summed E-state index contributed by atoms with van der Waals surface area (Å²) in [7, 11) is 0. The van der Waals surface area contributed by atoms with Crippen LogP contribution in [0.3, 0.4) is 0 Å². The van der Waals surface area contributed by atoms with Gasteiger partial charge in [-0.2, -0.15) is 0 Å². The van der Waals surface area contributed by atoms with Gasteiger partial charge in [0.2, 0.25) is 0 Å². The molecule has 3 unspecified atom stereocenters. The maximum absolute atomic E-state index is 10.0. The molecule has 0 aliphatic carbocycles. The van der Waals surface area contributed by atoms with Gasteiger partial charge < -0.3 is 9.84 Å². The van der Waals surface area contributed by atoms with Crippen molar-refractivity contribution in [3.8, 4) is 0 Å². The molecular formula is C13H25NO2. The number of rotatable bonds is 2. The largest absolute Gasteiger partial charge is 0.391 e. The van der Waals surface area contributed by atoms with Gasteiger partial charge in [0.05, 0.1) is 18.8 Å². The van der Waals surface area contributed by atoms with Gasteiger partial charge >= 0.3 is 0 Å². The maximum atomic E-state index is 10.0. The van der Waals surface area contributed by atoms with Crippen molar-refractivity contribution < 1.29 is 9.84 Å². The predicted octanol–water partition coefficient (Wildman–Crippen LogP) is 1.65. The topological polar surface area (TPSA) is 32.7 Å². The van der Waals surface area contributed by atoms with Gasteiger partial charge in [0.25, 0.3) is 0 Å². The molecule has 0 aromatic heterocycles. The minimum atomic E-state index is -0.174. The van der Waals surface area contributed by atoms with Crippen molar-refractivity contribution in [1.29, 1.82) is 0 Å². The summed E-state index contributed by atoms with van der Waals surface area (Å²) in [5, 5.41) is 10.0. The molecule has 3 nitrogen and oxygen atoms in total. The highest BCUT2D eigenvalue weighted by Crippen LogP contribution is 2.23. The molecule has 16 heavy (non-hydrogen) atoms. The number of nitrogens with zero attached hydrogens (tertiary/aromatic N) is 1. The lowest BCUT2D eigenvalue weighted by Crippen LogP contribution is -2.50. The second-order valence-corrected chi connectivity index (χ2v) is 5.24. The molecule has 3 atom stereocenters. The third-order valence-corrected chi connectivity index (χ3v) is 4.22. The molecule has 0 spiro atoms. The van der Waals surface area contributed by atoms with Gasteiger partial charge in [-0.15, -0.1) is 0 Å².